The average Bonchev–Trinajstić information content (AvgIpc) is 2.48. The van der Waals surface area contributed by atoms with Gasteiger partial charge >= 0.3 is 0 Å². The van der Waals surface area contributed by atoms with E-state index in [0.717, 1.165) is 23.9 Å². The second-order valence-electron chi connectivity index (χ2n) is 2.17. The molecule has 0 bridgehead atoms. The van der Waals surface area contributed by atoms with Crippen molar-refractivity contribution in [2.24, 2.45) is 0 Å². The van der Waals surface area contributed by atoms with Crippen molar-refractivity contribution < 1.29 is 0 Å². The lowest BCUT2D eigenvalue weighted by Gasteiger charge is -1.95. The number of thiazole rings is 1. The summed E-state index contributed by atoms with van der Waals surface area (Å²) in [6.07, 6.45) is 0. The predicted octanol–water partition coefficient (Wildman–Crippen LogP) is 1.29. The SMILES string of the molecule is CCNCc1csc(NC)n1. The normalized spacial score (nSPS) is 10.0. The van der Waals surface area contributed by atoms with Gasteiger partial charge in [-0.3, -0.25) is 0 Å². The van der Waals surface area contributed by atoms with Gasteiger partial charge in [-0.05, 0) is 6.54 Å². The third kappa shape index (κ3) is 2.48. The quantitative estimate of drug-likeness (QED) is 0.717. The molecule has 11 heavy (non-hydrogen) atoms. The fourth-order valence-corrected chi connectivity index (χ4v) is 1.43. The molecule has 0 aliphatic heterocycles. The summed E-state index contributed by atoms with van der Waals surface area (Å²) in [5, 5.41) is 9.27. The van der Waals surface area contributed by atoms with E-state index in [0.29, 0.717) is 0 Å². The smallest absolute Gasteiger partial charge is 0.182 e. The molecule has 0 atom stereocenters. The Hall–Kier alpha value is -0.610. The van der Waals surface area contributed by atoms with Gasteiger partial charge < -0.3 is 10.6 Å². The molecule has 0 saturated carbocycles. The number of hydrogen-bond donors (Lipinski definition) is 2. The van der Waals surface area contributed by atoms with Crippen LogP contribution in [0.15, 0.2) is 5.38 Å². The van der Waals surface area contributed by atoms with Gasteiger partial charge in [0.15, 0.2) is 5.13 Å². The first kappa shape index (κ1) is 8.49. The summed E-state index contributed by atoms with van der Waals surface area (Å²) in [6.45, 7) is 3.95. The maximum Gasteiger partial charge on any atom is 0.182 e. The number of nitrogens with one attached hydrogen (secondary N) is 2. The minimum atomic E-state index is 0.870. The van der Waals surface area contributed by atoms with Crippen LogP contribution in [0.1, 0.15) is 12.6 Å². The number of nitrogens with zero attached hydrogens (tertiary/aromatic N) is 1. The molecule has 1 heterocycles. The van der Waals surface area contributed by atoms with Crippen LogP contribution in [0.2, 0.25) is 0 Å². The Balaban J connectivity index is 2.44. The molecular weight excluding hydrogens is 158 g/mol. The molecule has 1 rings (SSSR count). The molecule has 0 aliphatic rings. The lowest BCUT2D eigenvalue weighted by atomic mass is 10.5. The summed E-state index contributed by atoms with van der Waals surface area (Å²) >= 11 is 1.64. The topological polar surface area (TPSA) is 37.0 Å². The third-order valence-electron chi connectivity index (χ3n) is 1.32. The van der Waals surface area contributed by atoms with Gasteiger partial charge in [0, 0.05) is 19.0 Å². The summed E-state index contributed by atoms with van der Waals surface area (Å²) in [6, 6.07) is 0. The Morgan fingerprint density at radius 1 is 1.64 bits per heavy atom. The molecule has 0 unspecified atom stereocenters. The van der Waals surface area contributed by atoms with E-state index in [9.17, 15) is 0 Å². The van der Waals surface area contributed by atoms with Gasteiger partial charge in [0.1, 0.15) is 0 Å². The van der Waals surface area contributed by atoms with E-state index in [1.165, 1.54) is 0 Å². The minimum Gasteiger partial charge on any atom is -0.365 e. The monoisotopic (exact) mass is 171 g/mol. The maximum atomic E-state index is 4.31. The fourth-order valence-electron chi connectivity index (χ4n) is 0.756. The molecule has 1 aromatic heterocycles. The second kappa shape index (κ2) is 4.31. The molecule has 62 valence electrons. The zero-order valence-corrected chi connectivity index (χ0v) is 7.66. The zero-order chi connectivity index (χ0) is 8.10. The molecule has 3 nitrogen and oxygen atoms in total. The third-order valence-corrected chi connectivity index (χ3v) is 2.23. The Bertz CT molecular complexity index is 209. The highest BCUT2D eigenvalue weighted by Crippen LogP contribution is 2.13. The molecule has 1 aromatic rings. The van der Waals surface area contributed by atoms with E-state index in [1.54, 1.807) is 11.3 Å². The van der Waals surface area contributed by atoms with Gasteiger partial charge in [-0.25, -0.2) is 4.98 Å². The van der Waals surface area contributed by atoms with Crippen LogP contribution in [0, 0.1) is 0 Å². The Kier molecular flexibility index (Phi) is 3.32. The van der Waals surface area contributed by atoms with Crippen LogP contribution < -0.4 is 10.6 Å². The largest absolute Gasteiger partial charge is 0.365 e. The van der Waals surface area contributed by atoms with Gasteiger partial charge in [-0.1, -0.05) is 6.92 Å². The maximum absolute atomic E-state index is 4.31. The van der Waals surface area contributed by atoms with Crippen LogP contribution in [0.4, 0.5) is 5.13 Å². The number of hydrogen-bond acceptors (Lipinski definition) is 4. The number of aromatic nitrogens is 1. The summed E-state index contributed by atoms with van der Waals surface area (Å²) in [7, 11) is 1.88. The highest BCUT2D eigenvalue weighted by atomic mass is 32.1. The predicted molar refractivity (Wildman–Crippen MR) is 49.0 cm³/mol. The van der Waals surface area contributed by atoms with Crippen molar-refractivity contribution in [2.75, 3.05) is 18.9 Å². The fraction of sp³-hybridized carbons (Fsp3) is 0.571. The van der Waals surface area contributed by atoms with Crippen LogP contribution in [0.3, 0.4) is 0 Å². The van der Waals surface area contributed by atoms with Gasteiger partial charge in [-0.15, -0.1) is 11.3 Å². The first-order chi connectivity index (χ1) is 5.36. The molecule has 0 fully saturated rings. The van der Waals surface area contributed by atoms with Crippen molar-refractivity contribution in [1.29, 1.82) is 0 Å². The Labute approximate surface area is 70.9 Å². The standard InChI is InChI=1S/C7H13N3S/c1-3-9-4-6-5-11-7(8-2)10-6/h5,9H,3-4H2,1-2H3,(H,8,10). The molecular formula is C7H13N3S. The highest BCUT2D eigenvalue weighted by Gasteiger charge is 1.97. The van der Waals surface area contributed by atoms with Crippen molar-refractivity contribution in [3.63, 3.8) is 0 Å². The summed E-state index contributed by atoms with van der Waals surface area (Å²) in [5.74, 6) is 0. The Morgan fingerprint density at radius 3 is 3.00 bits per heavy atom. The van der Waals surface area contributed by atoms with E-state index in [4.69, 9.17) is 0 Å². The van der Waals surface area contributed by atoms with Gasteiger partial charge in [0.05, 0.1) is 5.69 Å². The molecule has 2 N–H and O–H groups in total. The van der Waals surface area contributed by atoms with E-state index >= 15 is 0 Å². The lowest BCUT2D eigenvalue weighted by molar-refractivity contribution is 0.715. The second-order valence-corrected chi connectivity index (χ2v) is 3.03. The molecule has 0 aliphatic carbocycles. The Morgan fingerprint density at radius 2 is 2.45 bits per heavy atom. The minimum absolute atomic E-state index is 0.870. The van der Waals surface area contributed by atoms with Crippen molar-refractivity contribution in [2.45, 2.75) is 13.5 Å². The summed E-state index contributed by atoms with van der Waals surface area (Å²) in [5.41, 5.74) is 1.11. The summed E-state index contributed by atoms with van der Waals surface area (Å²) < 4.78 is 0. The van der Waals surface area contributed by atoms with Crippen LogP contribution in [0.5, 0.6) is 0 Å². The van der Waals surface area contributed by atoms with E-state index in [1.807, 2.05) is 7.05 Å². The molecule has 0 amide bonds. The zero-order valence-electron chi connectivity index (χ0n) is 6.85. The molecule has 4 heteroatoms. The van der Waals surface area contributed by atoms with Crippen LogP contribution in [-0.2, 0) is 6.54 Å². The molecule has 0 aromatic carbocycles. The first-order valence-corrected chi connectivity index (χ1v) is 4.57. The van der Waals surface area contributed by atoms with Crippen molar-refractivity contribution >= 4 is 16.5 Å². The highest BCUT2D eigenvalue weighted by molar-refractivity contribution is 7.13. The molecule has 0 radical (unpaired) electrons. The number of anilines is 1. The van der Waals surface area contributed by atoms with E-state index < -0.39 is 0 Å². The summed E-state index contributed by atoms with van der Waals surface area (Å²) in [4.78, 5) is 4.31. The van der Waals surface area contributed by atoms with Crippen LogP contribution in [-0.4, -0.2) is 18.6 Å². The van der Waals surface area contributed by atoms with E-state index in [-0.39, 0.29) is 0 Å². The van der Waals surface area contributed by atoms with Crippen molar-refractivity contribution in [3.8, 4) is 0 Å². The van der Waals surface area contributed by atoms with Crippen molar-refractivity contribution in [1.82, 2.24) is 10.3 Å². The molecule has 0 saturated heterocycles. The molecule has 0 spiro atoms. The van der Waals surface area contributed by atoms with E-state index in [2.05, 4.69) is 27.9 Å². The average molecular weight is 171 g/mol. The van der Waals surface area contributed by atoms with Crippen molar-refractivity contribution in [3.05, 3.63) is 11.1 Å². The lowest BCUT2D eigenvalue weighted by Crippen LogP contribution is -2.11. The van der Waals surface area contributed by atoms with Gasteiger partial charge in [-0.2, -0.15) is 0 Å². The van der Waals surface area contributed by atoms with Gasteiger partial charge in [0.25, 0.3) is 0 Å². The first-order valence-electron chi connectivity index (χ1n) is 3.69. The van der Waals surface area contributed by atoms with Crippen LogP contribution >= 0.6 is 11.3 Å². The van der Waals surface area contributed by atoms with Crippen LogP contribution in [0.25, 0.3) is 0 Å². The van der Waals surface area contributed by atoms with Gasteiger partial charge in [0.2, 0.25) is 0 Å². The number of rotatable bonds is 4.